The van der Waals surface area contributed by atoms with Crippen molar-refractivity contribution in [3.63, 3.8) is 0 Å². The van der Waals surface area contributed by atoms with Gasteiger partial charge in [0.1, 0.15) is 5.82 Å². The Balaban J connectivity index is 1.91. The van der Waals surface area contributed by atoms with Crippen molar-refractivity contribution >= 4 is 5.91 Å². The Hall–Kier alpha value is -1.46. The lowest BCUT2D eigenvalue weighted by Gasteiger charge is -2.30. The number of likely N-dealkylation sites (N-methyl/N-ethyl adjacent to an activating group) is 1. The van der Waals surface area contributed by atoms with Gasteiger partial charge in [-0.15, -0.1) is 0 Å². The molecule has 1 aromatic carbocycles. The van der Waals surface area contributed by atoms with Crippen LogP contribution < -0.4 is 0 Å². The molecular formula is C16H21FN2O2. The van der Waals surface area contributed by atoms with E-state index >= 15 is 0 Å². The molecule has 0 unspecified atom stereocenters. The van der Waals surface area contributed by atoms with Crippen molar-refractivity contribution in [3.05, 3.63) is 35.1 Å². The first-order valence-corrected chi connectivity index (χ1v) is 7.38. The van der Waals surface area contributed by atoms with Crippen LogP contribution in [0.2, 0.25) is 0 Å². The van der Waals surface area contributed by atoms with E-state index < -0.39 is 0 Å². The summed E-state index contributed by atoms with van der Waals surface area (Å²) in [4.78, 5) is 17.0. The summed E-state index contributed by atoms with van der Waals surface area (Å²) in [6.07, 6.45) is 0. The summed E-state index contributed by atoms with van der Waals surface area (Å²) < 4.78 is 19.4. The molecule has 2 saturated heterocycles. The van der Waals surface area contributed by atoms with Gasteiger partial charge in [-0.05, 0) is 31.7 Å². The van der Waals surface area contributed by atoms with E-state index in [4.69, 9.17) is 4.74 Å². The monoisotopic (exact) mass is 292 g/mol. The van der Waals surface area contributed by atoms with Gasteiger partial charge in [0.25, 0.3) is 5.91 Å². The first kappa shape index (κ1) is 14.5. The number of hydrogen-bond donors (Lipinski definition) is 0. The second kappa shape index (κ2) is 5.73. The minimum atomic E-state index is -0.327. The molecular weight excluding hydrogens is 271 g/mol. The van der Waals surface area contributed by atoms with Crippen LogP contribution in [0.25, 0.3) is 0 Å². The predicted molar refractivity (Wildman–Crippen MR) is 77.8 cm³/mol. The molecule has 2 aliphatic heterocycles. The number of carbonyl (C=O) groups excluding carboxylic acids is 1. The Labute approximate surface area is 124 Å². The number of fused-ring (bicyclic) bond motifs is 3. The van der Waals surface area contributed by atoms with E-state index in [1.807, 2.05) is 4.90 Å². The van der Waals surface area contributed by atoms with Crippen LogP contribution in [0.15, 0.2) is 18.2 Å². The van der Waals surface area contributed by atoms with E-state index in [2.05, 4.69) is 11.9 Å². The van der Waals surface area contributed by atoms with Gasteiger partial charge >= 0.3 is 0 Å². The van der Waals surface area contributed by atoms with Gasteiger partial charge in [-0.3, -0.25) is 4.79 Å². The number of ether oxygens (including phenoxy) is 1. The molecule has 21 heavy (non-hydrogen) atoms. The summed E-state index contributed by atoms with van der Waals surface area (Å²) in [7, 11) is 2.08. The van der Waals surface area contributed by atoms with Crippen molar-refractivity contribution in [3.8, 4) is 0 Å². The Morgan fingerprint density at radius 2 is 2.10 bits per heavy atom. The van der Waals surface area contributed by atoms with Gasteiger partial charge in [0.05, 0.1) is 19.3 Å². The van der Waals surface area contributed by atoms with E-state index in [0.29, 0.717) is 36.8 Å². The molecule has 1 amide bonds. The van der Waals surface area contributed by atoms with E-state index in [1.54, 1.807) is 19.1 Å². The molecule has 0 aliphatic carbocycles. The van der Waals surface area contributed by atoms with Crippen molar-refractivity contribution in [2.45, 2.75) is 13.0 Å². The summed E-state index contributed by atoms with van der Waals surface area (Å²) in [5.74, 6) is -0.0878. The molecule has 0 aromatic heterocycles. The van der Waals surface area contributed by atoms with Crippen LogP contribution in [-0.2, 0) is 4.74 Å². The van der Waals surface area contributed by atoms with Gasteiger partial charge in [0.2, 0.25) is 0 Å². The summed E-state index contributed by atoms with van der Waals surface area (Å²) in [5, 5.41) is 0. The van der Waals surface area contributed by atoms with Crippen molar-refractivity contribution in [2.24, 2.45) is 5.92 Å². The van der Waals surface area contributed by atoms with Crippen LogP contribution in [0.5, 0.6) is 0 Å². The maximum absolute atomic E-state index is 13.7. The minimum Gasteiger partial charge on any atom is -0.379 e. The van der Waals surface area contributed by atoms with Crippen molar-refractivity contribution in [2.75, 3.05) is 39.9 Å². The van der Waals surface area contributed by atoms with Crippen LogP contribution in [0, 0.1) is 18.7 Å². The Bertz CT molecular complexity index is 549. The highest BCUT2D eigenvalue weighted by atomic mass is 19.1. The number of amides is 1. The summed E-state index contributed by atoms with van der Waals surface area (Å²) in [6, 6.07) is 4.74. The molecule has 5 heteroatoms. The average Bonchev–Trinajstić information content (AvgIpc) is 2.71. The van der Waals surface area contributed by atoms with Gasteiger partial charge in [-0.1, -0.05) is 6.07 Å². The number of nitrogens with zero attached hydrogens (tertiary/aromatic N) is 2. The molecule has 0 spiro atoms. The molecule has 2 aliphatic rings. The zero-order valence-corrected chi connectivity index (χ0v) is 12.5. The number of rotatable bonds is 1. The molecule has 0 N–H and O–H groups in total. The fraction of sp³-hybridized carbons (Fsp3) is 0.562. The predicted octanol–water partition coefficient (Wildman–Crippen LogP) is 1.54. The Morgan fingerprint density at radius 1 is 1.29 bits per heavy atom. The molecule has 2 bridgehead atoms. The quantitative estimate of drug-likeness (QED) is 0.787. The fourth-order valence-corrected chi connectivity index (χ4v) is 3.32. The SMILES string of the molecule is Cc1c(F)cccc1C(=O)N1C[C@H]2COC[C@@H]1CN(C)C2. The third-order valence-corrected chi connectivity index (χ3v) is 4.41. The largest absolute Gasteiger partial charge is 0.379 e. The van der Waals surface area contributed by atoms with Crippen LogP contribution in [-0.4, -0.2) is 61.6 Å². The second-order valence-electron chi connectivity index (χ2n) is 6.15. The average molecular weight is 292 g/mol. The topological polar surface area (TPSA) is 32.8 Å². The highest BCUT2D eigenvalue weighted by Gasteiger charge is 2.35. The summed E-state index contributed by atoms with van der Waals surface area (Å²) in [5.41, 5.74) is 0.890. The summed E-state index contributed by atoms with van der Waals surface area (Å²) >= 11 is 0. The highest BCUT2D eigenvalue weighted by Crippen LogP contribution is 2.22. The smallest absolute Gasteiger partial charge is 0.254 e. The van der Waals surface area contributed by atoms with Gasteiger partial charge in [-0.2, -0.15) is 0 Å². The third kappa shape index (κ3) is 2.80. The molecule has 0 radical (unpaired) electrons. The van der Waals surface area contributed by atoms with Crippen LogP contribution in [0.4, 0.5) is 4.39 Å². The van der Waals surface area contributed by atoms with Crippen molar-refractivity contribution in [1.82, 2.24) is 9.80 Å². The van der Waals surface area contributed by atoms with Crippen LogP contribution in [0.3, 0.4) is 0 Å². The van der Waals surface area contributed by atoms with Gasteiger partial charge in [-0.25, -0.2) is 4.39 Å². The van der Waals surface area contributed by atoms with Crippen LogP contribution in [0.1, 0.15) is 15.9 Å². The lowest BCUT2D eigenvalue weighted by Crippen LogP contribution is -2.46. The molecule has 4 nitrogen and oxygen atoms in total. The van der Waals surface area contributed by atoms with Gasteiger partial charge < -0.3 is 14.5 Å². The zero-order valence-electron chi connectivity index (χ0n) is 12.5. The second-order valence-corrected chi connectivity index (χ2v) is 6.15. The molecule has 2 fully saturated rings. The number of hydrogen-bond acceptors (Lipinski definition) is 3. The van der Waals surface area contributed by atoms with Gasteiger partial charge in [0, 0.05) is 31.1 Å². The van der Waals surface area contributed by atoms with E-state index in [1.165, 1.54) is 6.07 Å². The van der Waals surface area contributed by atoms with E-state index in [-0.39, 0.29) is 17.8 Å². The van der Waals surface area contributed by atoms with Crippen molar-refractivity contribution < 1.29 is 13.9 Å². The Kier molecular flexibility index (Phi) is 3.95. The molecule has 0 saturated carbocycles. The lowest BCUT2D eigenvalue weighted by molar-refractivity contribution is 0.0483. The highest BCUT2D eigenvalue weighted by molar-refractivity contribution is 5.96. The normalized spacial score (nSPS) is 26.5. The standard InChI is InChI=1S/C16H21FN2O2/c1-11-14(4-3-5-15(11)17)16(20)19-7-12-6-18(2)8-13(19)10-21-9-12/h3-5,12-13H,6-10H2,1-2H3/t12-,13-/m0/s1. The van der Waals surface area contributed by atoms with Crippen molar-refractivity contribution in [1.29, 1.82) is 0 Å². The van der Waals surface area contributed by atoms with E-state index in [9.17, 15) is 9.18 Å². The first-order chi connectivity index (χ1) is 10.1. The van der Waals surface area contributed by atoms with E-state index in [0.717, 1.165) is 13.1 Å². The number of benzene rings is 1. The number of carbonyl (C=O) groups is 1. The number of halogens is 1. The summed E-state index contributed by atoms with van der Waals surface area (Å²) in [6.45, 7) is 5.33. The Morgan fingerprint density at radius 3 is 2.90 bits per heavy atom. The molecule has 2 atom stereocenters. The first-order valence-electron chi connectivity index (χ1n) is 7.38. The third-order valence-electron chi connectivity index (χ3n) is 4.41. The maximum atomic E-state index is 13.7. The lowest BCUT2D eigenvalue weighted by atomic mass is 10.1. The molecule has 1 aromatic rings. The fourth-order valence-electron chi connectivity index (χ4n) is 3.32. The molecule has 114 valence electrons. The van der Waals surface area contributed by atoms with Crippen LogP contribution >= 0.6 is 0 Å². The maximum Gasteiger partial charge on any atom is 0.254 e. The molecule has 2 heterocycles. The van der Waals surface area contributed by atoms with Gasteiger partial charge in [0.15, 0.2) is 0 Å². The molecule has 3 rings (SSSR count). The zero-order chi connectivity index (χ0) is 15.0. The minimum absolute atomic E-state index is 0.0395.